The Morgan fingerprint density at radius 3 is 2.52 bits per heavy atom. The Morgan fingerprint density at radius 1 is 0.935 bits per heavy atom. The molecule has 2 heterocycles. The minimum absolute atomic E-state index is 0.0984. The van der Waals surface area contributed by atoms with Crippen molar-refractivity contribution >= 4 is 0 Å². The number of rotatable bonds is 9. The number of benzene rings is 4. The van der Waals surface area contributed by atoms with Crippen LogP contribution in [0, 0.1) is 0 Å². The molecule has 0 saturated carbocycles. The van der Waals surface area contributed by atoms with Gasteiger partial charge in [0.15, 0.2) is 11.5 Å². The third-order valence-corrected chi connectivity index (χ3v) is 9.42. The van der Waals surface area contributed by atoms with Crippen molar-refractivity contribution in [2.24, 2.45) is 0 Å². The number of aliphatic hydroxyl groups excluding tert-OH is 1. The van der Waals surface area contributed by atoms with Crippen LogP contribution in [0.15, 0.2) is 85.5 Å². The number of phenolic OH excluding ortho intramolecular Hbond substituents is 2. The Morgan fingerprint density at radius 2 is 1.76 bits per heavy atom. The average Bonchev–Trinajstić information content (AvgIpc) is 3.60. The van der Waals surface area contributed by atoms with E-state index in [9.17, 15) is 15.3 Å². The van der Waals surface area contributed by atoms with Gasteiger partial charge in [-0.3, -0.25) is 0 Å². The quantitative estimate of drug-likeness (QED) is 0.172. The molecule has 7 rings (SSSR count). The lowest BCUT2D eigenvalue weighted by Gasteiger charge is -2.37. The highest BCUT2D eigenvalue weighted by Gasteiger charge is 2.38. The number of methoxy groups -OCH3 is 2. The summed E-state index contributed by atoms with van der Waals surface area (Å²) in [7, 11) is 3.20. The van der Waals surface area contributed by atoms with Gasteiger partial charge in [0.1, 0.15) is 23.4 Å². The van der Waals surface area contributed by atoms with E-state index in [4.69, 9.17) is 14.2 Å². The first-order chi connectivity index (χ1) is 22.4. The third-order valence-electron chi connectivity index (χ3n) is 9.42. The zero-order valence-corrected chi connectivity index (χ0v) is 26.0. The van der Waals surface area contributed by atoms with Crippen LogP contribution in [0.5, 0.6) is 28.7 Å². The average molecular weight is 619 g/mol. The molecule has 3 N–H and O–H groups in total. The van der Waals surface area contributed by atoms with E-state index >= 15 is 0 Å². The second-order valence-corrected chi connectivity index (χ2v) is 12.2. The number of aromatic hydroxyl groups is 2. The molecule has 0 fully saturated rings. The largest absolute Gasteiger partial charge is 0.508 e. The van der Waals surface area contributed by atoms with Crippen LogP contribution < -0.4 is 14.2 Å². The molecule has 5 aromatic rings. The lowest BCUT2D eigenvalue weighted by Crippen LogP contribution is -2.32. The van der Waals surface area contributed by atoms with Gasteiger partial charge in [-0.15, -0.1) is 0 Å². The zero-order chi connectivity index (χ0) is 31.8. The van der Waals surface area contributed by atoms with Crippen molar-refractivity contribution < 1.29 is 29.5 Å². The Kier molecular flexibility index (Phi) is 8.05. The summed E-state index contributed by atoms with van der Waals surface area (Å²) in [6.45, 7) is 0.773. The van der Waals surface area contributed by atoms with Crippen molar-refractivity contribution in [3.8, 4) is 39.9 Å². The normalized spacial score (nSPS) is 18.2. The molecule has 2 aliphatic rings. The van der Waals surface area contributed by atoms with Crippen LogP contribution in [-0.2, 0) is 32.2 Å². The van der Waals surface area contributed by atoms with E-state index in [1.165, 1.54) is 12.7 Å². The summed E-state index contributed by atoms with van der Waals surface area (Å²) in [4.78, 5) is 4.21. The van der Waals surface area contributed by atoms with E-state index in [0.717, 1.165) is 64.8 Å². The Bertz CT molecular complexity index is 1850. The first-order valence-corrected chi connectivity index (χ1v) is 15.7. The smallest absolute Gasteiger partial charge is 0.161 e. The van der Waals surface area contributed by atoms with Gasteiger partial charge in [-0.2, -0.15) is 0 Å². The highest BCUT2D eigenvalue weighted by molar-refractivity contribution is 5.83. The van der Waals surface area contributed by atoms with E-state index in [1.54, 1.807) is 25.4 Å². The number of phenols is 2. The maximum absolute atomic E-state index is 11.7. The third kappa shape index (κ3) is 5.54. The van der Waals surface area contributed by atoms with Gasteiger partial charge in [-0.25, -0.2) is 4.98 Å². The molecule has 46 heavy (non-hydrogen) atoms. The fourth-order valence-corrected chi connectivity index (χ4v) is 7.18. The summed E-state index contributed by atoms with van der Waals surface area (Å²) >= 11 is 0. The van der Waals surface area contributed by atoms with Crippen LogP contribution in [0.1, 0.15) is 51.8 Å². The minimum atomic E-state index is -0.836. The topological polar surface area (TPSA) is 106 Å². The van der Waals surface area contributed by atoms with Gasteiger partial charge in [-0.05, 0) is 89.2 Å². The summed E-state index contributed by atoms with van der Waals surface area (Å²) in [5.74, 6) is 2.16. The molecule has 8 nitrogen and oxygen atoms in total. The minimum Gasteiger partial charge on any atom is -0.508 e. The first-order valence-electron chi connectivity index (χ1n) is 15.7. The number of aryl methyl sites for hydroxylation is 3. The molecule has 1 aliphatic heterocycles. The Balaban J connectivity index is 1.28. The number of aromatic nitrogens is 2. The van der Waals surface area contributed by atoms with Gasteiger partial charge < -0.3 is 34.1 Å². The van der Waals surface area contributed by atoms with Crippen molar-refractivity contribution in [3.05, 3.63) is 119 Å². The lowest BCUT2D eigenvalue weighted by molar-refractivity contribution is 0.0200. The summed E-state index contributed by atoms with van der Waals surface area (Å²) in [6, 6.07) is 21.3. The monoisotopic (exact) mass is 618 g/mol. The molecule has 0 bridgehead atoms. The van der Waals surface area contributed by atoms with E-state index in [0.29, 0.717) is 30.1 Å². The number of imidazole rings is 1. The van der Waals surface area contributed by atoms with Crippen molar-refractivity contribution in [1.82, 2.24) is 9.55 Å². The number of fused-ring (bicyclic) bond motifs is 5. The molecular weight excluding hydrogens is 580 g/mol. The van der Waals surface area contributed by atoms with Crippen molar-refractivity contribution in [3.63, 3.8) is 0 Å². The van der Waals surface area contributed by atoms with Crippen LogP contribution in [0.25, 0.3) is 11.1 Å². The molecule has 0 unspecified atom stereocenters. The second kappa shape index (κ2) is 12.4. The van der Waals surface area contributed by atoms with E-state index in [2.05, 4.69) is 21.7 Å². The van der Waals surface area contributed by atoms with Gasteiger partial charge in [0.2, 0.25) is 0 Å². The summed E-state index contributed by atoms with van der Waals surface area (Å²) < 4.78 is 20.3. The van der Waals surface area contributed by atoms with Crippen molar-refractivity contribution in [1.29, 1.82) is 0 Å². The molecule has 0 amide bonds. The molecule has 0 radical (unpaired) electrons. The number of aliphatic hydroxyl groups is 1. The highest BCUT2D eigenvalue weighted by atomic mass is 16.5. The second-order valence-electron chi connectivity index (χ2n) is 12.2. The predicted octanol–water partition coefficient (Wildman–Crippen LogP) is 6.53. The predicted molar refractivity (Wildman–Crippen MR) is 175 cm³/mol. The highest BCUT2D eigenvalue weighted by Crippen LogP contribution is 2.53. The van der Waals surface area contributed by atoms with Gasteiger partial charge in [0.05, 0.1) is 26.7 Å². The van der Waals surface area contributed by atoms with Crippen LogP contribution in [-0.4, -0.2) is 45.2 Å². The SMILES string of the molecule is COc1cc([C@H]2Oc3cc(OC)c4c(c3C[C@H]2O)[C@H](CCn2ccnc2)Cc2cc(O)ccc2-4)cc(CCc2ccccc2)c1O. The van der Waals surface area contributed by atoms with Gasteiger partial charge in [0.25, 0.3) is 0 Å². The number of ether oxygens (including phenoxy) is 3. The zero-order valence-electron chi connectivity index (χ0n) is 26.0. The molecular formula is C38H38N2O6. The van der Waals surface area contributed by atoms with E-state index < -0.39 is 12.2 Å². The van der Waals surface area contributed by atoms with Crippen LogP contribution >= 0.6 is 0 Å². The maximum atomic E-state index is 11.7. The van der Waals surface area contributed by atoms with Crippen LogP contribution in [0.4, 0.5) is 0 Å². The fraction of sp³-hybridized carbons (Fsp3) is 0.289. The Labute approximate surface area is 268 Å². The molecule has 1 aliphatic carbocycles. The standard InChI is InChI=1S/C38H38N2O6/c1-44-33-21-32-30(35-24(12-14-40-15-13-39-22-40)16-26-18-28(41)10-11-29(26)36(33)35)20-31(42)38(46-32)27-17-25(37(43)34(19-27)45-2)9-8-23-6-4-3-5-7-23/h3-7,10-11,13,15,17-19,21-22,24,31,38,41-43H,8-9,12,14,16,20H2,1-2H3/t24-,31-,38-/m1/s1. The van der Waals surface area contributed by atoms with Crippen LogP contribution in [0.2, 0.25) is 0 Å². The van der Waals surface area contributed by atoms with Crippen molar-refractivity contribution in [2.45, 2.75) is 56.8 Å². The summed E-state index contributed by atoms with van der Waals surface area (Å²) in [5, 5.41) is 33.1. The van der Waals surface area contributed by atoms with Gasteiger partial charge >= 0.3 is 0 Å². The van der Waals surface area contributed by atoms with E-state index in [-0.39, 0.29) is 17.4 Å². The number of nitrogens with zero attached hydrogens (tertiary/aromatic N) is 2. The fourth-order valence-electron chi connectivity index (χ4n) is 7.18. The molecule has 3 atom stereocenters. The molecule has 4 aromatic carbocycles. The molecule has 0 saturated heterocycles. The van der Waals surface area contributed by atoms with E-state index in [1.807, 2.05) is 55.0 Å². The first kappa shape index (κ1) is 29.7. The molecule has 0 spiro atoms. The summed E-state index contributed by atoms with van der Waals surface area (Å²) in [5.41, 5.74) is 7.82. The molecule has 1 aromatic heterocycles. The number of hydrogen-bond donors (Lipinski definition) is 3. The molecule has 8 heteroatoms. The number of hydrogen-bond acceptors (Lipinski definition) is 7. The lowest BCUT2D eigenvalue weighted by atomic mass is 9.73. The van der Waals surface area contributed by atoms with Crippen LogP contribution in [0.3, 0.4) is 0 Å². The Hall–Kier alpha value is -4.95. The molecule has 236 valence electrons. The van der Waals surface area contributed by atoms with Crippen molar-refractivity contribution in [2.75, 3.05) is 14.2 Å². The summed E-state index contributed by atoms with van der Waals surface area (Å²) in [6.07, 6.45) is 7.38. The maximum Gasteiger partial charge on any atom is 0.161 e. The van der Waals surface area contributed by atoms with Gasteiger partial charge in [-0.1, -0.05) is 36.4 Å². The van der Waals surface area contributed by atoms with Gasteiger partial charge in [0, 0.05) is 42.6 Å².